The summed E-state index contributed by atoms with van der Waals surface area (Å²) >= 11 is 6.15. The summed E-state index contributed by atoms with van der Waals surface area (Å²) in [5.41, 5.74) is 3.05. The number of aryl methyl sites for hydroxylation is 1. The third-order valence-electron chi connectivity index (χ3n) is 5.32. The summed E-state index contributed by atoms with van der Waals surface area (Å²) in [5, 5.41) is 15.9. The maximum absolute atomic E-state index is 11.0. The third kappa shape index (κ3) is 3.58. The number of nitrogens with one attached hydrogen (secondary N) is 1. The second-order valence-corrected chi connectivity index (χ2v) is 8.21. The molecule has 4 rings (SSSR count). The molecule has 3 heterocycles. The number of hydrogen-bond acceptors (Lipinski definition) is 5. The fourth-order valence-electron chi connectivity index (χ4n) is 3.77. The lowest BCUT2D eigenvalue weighted by Gasteiger charge is -2.42. The molecular formula is C22H24ClN3O2. The van der Waals surface area contributed by atoms with Crippen LogP contribution < -0.4 is 10.1 Å². The Balaban J connectivity index is 1.68. The van der Waals surface area contributed by atoms with Gasteiger partial charge in [-0.2, -0.15) is 0 Å². The van der Waals surface area contributed by atoms with Crippen molar-refractivity contribution in [2.24, 2.45) is 0 Å². The van der Waals surface area contributed by atoms with E-state index in [4.69, 9.17) is 16.3 Å². The molecule has 0 bridgehead atoms. The predicted octanol–water partition coefficient (Wildman–Crippen LogP) is 4.00. The van der Waals surface area contributed by atoms with E-state index in [1.807, 2.05) is 57.2 Å². The van der Waals surface area contributed by atoms with Gasteiger partial charge in [0.05, 0.1) is 11.6 Å². The minimum absolute atomic E-state index is 0.270. The summed E-state index contributed by atoms with van der Waals surface area (Å²) in [6, 6.07) is 11.4. The maximum atomic E-state index is 11.0. The highest BCUT2D eigenvalue weighted by Crippen LogP contribution is 2.42. The SMILES string of the molecule is Cc1cc(Cl)nc2cc3c(cc12)OC(C)(C)C(O)C3NCCc1ccccn1. The molecule has 3 aromatic rings. The van der Waals surface area contributed by atoms with Gasteiger partial charge in [0.15, 0.2) is 0 Å². The zero-order chi connectivity index (χ0) is 19.9. The molecule has 1 aliphatic rings. The topological polar surface area (TPSA) is 67.3 Å². The number of halogens is 1. The monoisotopic (exact) mass is 397 g/mol. The minimum atomic E-state index is -0.711. The third-order valence-corrected chi connectivity index (χ3v) is 5.52. The summed E-state index contributed by atoms with van der Waals surface area (Å²) in [4.78, 5) is 8.82. The lowest BCUT2D eigenvalue weighted by atomic mass is 9.85. The number of pyridine rings is 2. The van der Waals surface area contributed by atoms with Crippen LogP contribution in [0.1, 0.15) is 36.7 Å². The van der Waals surface area contributed by atoms with E-state index in [0.717, 1.165) is 39.9 Å². The van der Waals surface area contributed by atoms with Crippen molar-refractivity contribution >= 4 is 22.5 Å². The van der Waals surface area contributed by atoms with Crippen LogP contribution >= 0.6 is 11.6 Å². The van der Waals surface area contributed by atoms with Gasteiger partial charge in [-0.05, 0) is 56.7 Å². The minimum Gasteiger partial charge on any atom is -0.485 e. The summed E-state index contributed by atoms with van der Waals surface area (Å²) in [7, 11) is 0. The van der Waals surface area contributed by atoms with Gasteiger partial charge in [0.25, 0.3) is 0 Å². The average molecular weight is 398 g/mol. The first kappa shape index (κ1) is 19.1. The molecule has 1 aliphatic heterocycles. The molecule has 0 saturated heterocycles. The number of ether oxygens (including phenoxy) is 1. The van der Waals surface area contributed by atoms with Crippen molar-refractivity contribution in [2.45, 2.75) is 44.9 Å². The van der Waals surface area contributed by atoms with Crippen LogP contribution in [0.5, 0.6) is 5.75 Å². The Morgan fingerprint density at radius 1 is 1.25 bits per heavy atom. The van der Waals surface area contributed by atoms with Gasteiger partial charge in [-0.25, -0.2) is 4.98 Å². The van der Waals surface area contributed by atoms with Crippen LogP contribution in [0.2, 0.25) is 5.15 Å². The van der Waals surface area contributed by atoms with Crippen molar-refractivity contribution in [3.8, 4) is 5.75 Å². The van der Waals surface area contributed by atoms with Gasteiger partial charge in [-0.1, -0.05) is 17.7 Å². The Morgan fingerprint density at radius 3 is 2.82 bits per heavy atom. The van der Waals surface area contributed by atoms with E-state index in [-0.39, 0.29) is 6.04 Å². The molecule has 2 N–H and O–H groups in total. The van der Waals surface area contributed by atoms with Crippen molar-refractivity contribution in [1.82, 2.24) is 15.3 Å². The average Bonchev–Trinajstić information content (AvgIpc) is 2.65. The largest absolute Gasteiger partial charge is 0.485 e. The van der Waals surface area contributed by atoms with Gasteiger partial charge in [0.1, 0.15) is 22.6 Å². The van der Waals surface area contributed by atoms with Crippen LogP contribution in [0, 0.1) is 6.92 Å². The first-order valence-corrected chi connectivity index (χ1v) is 9.84. The highest BCUT2D eigenvalue weighted by atomic mass is 35.5. The molecule has 0 saturated carbocycles. The number of rotatable bonds is 4. The Morgan fingerprint density at radius 2 is 2.07 bits per heavy atom. The highest BCUT2D eigenvalue weighted by molar-refractivity contribution is 6.29. The van der Waals surface area contributed by atoms with Gasteiger partial charge in [-0.3, -0.25) is 4.98 Å². The molecule has 0 fully saturated rings. The molecule has 0 amide bonds. The maximum Gasteiger partial charge on any atom is 0.131 e. The van der Waals surface area contributed by atoms with Gasteiger partial charge in [0, 0.05) is 35.8 Å². The molecular weight excluding hydrogens is 374 g/mol. The van der Waals surface area contributed by atoms with Crippen LogP contribution in [-0.2, 0) is 6.42 Å². The molecule has 2 unspecified atom stereocenters. The second-order valence-electron chi connectivity index (χ2n) is 7.82. The quantitative estimate of drug-likeness (QED) is 0.651. The number of fused-ring (bicyclic) bond motifs is 2. The first-order chi connectivity index (χ1) is 13.3. The number of hydrogen-bond donors (Lipinski definition) is 2. The lowest BCUT2D eigenvalue weighted by molar-refractivity contribution is -0.0642. The number of benzene rings is 1. The summed E-state index contributed by atoms with van der Waals surface area (Å²) < 4.78 is 6.16. The number of aromatic nitrogens is 2. The Kier molecular flexibility index (Phi) is 5.00. The smallest absolute Gasteiger partial charge is 0.131 e. The molecule has 0 radical (unpaired) electrons. The van der Waals surface area contributed by atoms with Crippen LogP contribution in [-0.4, -0.2) is 33.3 Å². The van der Waals surface area contributed by atoms with Crippen LogP contribution in [0.25, 0.3) is 10.9 Å². The molecule has 5 nitrogen and oxygen atoms in total. The molecule has 2 atom stereocenters. The van der Waals surface area contributed by atoms with Gasteiger partial charge < -0.3 is 15.2 Å². The molecule has 2 aromatic heterocycles. The molecule has 28 heavy (non-hydrogen) atoms. The van der Waals surface area contributed by atoms with Crippen molar-refractivity contribution in [3.63, 3.8) is 0 Å². The van der Waals surface area contributed by atoms with Crippen LogP contribution in [0.15, 0.2) is 42.6 Å². The highest BCUT2D eigenvalue weighted by Gasteiger charge is 2.42. The zero-order valence-electron chi connectivity index (χ0n) is 16.2. The van der Waals surface area contributed by atoms with Gasteiger partial charge >= 0.3 is 0 Å². The first-order valence-electron chi connectivity index (χ1n) is 9.46. The van der Waals surface area contributed by atoms with Crippen LogP contribution in [0.4, 0.5) is 0 Å². The van der Waals surface area contributed by atoms with E-state index in [0.29, 0.717) is 11.7 Å². The van der Waals surface area contributed by atoms with E-state index in [9.17, 15) is 5.11 Å². The van der Waals surface area contributed by atoms with Crippen molar-refractivity contribution in [2.75, 3.05) is 6.54 Å². The van der Waals surface area contributed by atoms with E-state index < -0.39 is 11.7 Å². The lowest BCUT2D eigenvalue weighted by Crippen LogP contribution is -2.52. The Bertz CT molecular complexity index is 1010. The van der Waals surface area contributed by atoms with Gasteiger partial charge in [0.2, 0.25) is 0 Å². The Labute approximate surface area is 169 Å². The molecule has 1 aromatic carbocycles. The summed E-state index contributed by atoms with van der Waals surface area (Å²) in [5.74, 6) is 0.769. The van der Waals surface area contributed by atoms with E-state index in [1.165, 1.54) is 0 Å². The fourth-order valence-corrected chi connectivity index (χ4v) is 4.02. The van der Waals surface area contributed by atoms with Crippen molar-refractivity contribution in [3.05, 3.63) is 64.6 Å². The van der Waals surface area contributed by atoms with E-state index in [2.05, 4.69) is 15.3 Å². The van der Waals surface area contributed by atoms with E-state index >= 15 is 0 Å². The summed E-state index contributed by atoms with van der Waals surface area (Å²) in [6.45, 7) is 6.51. The number of aliphatic hydroxyl groups is 1. The zero-order valence-corrected chi connectivity index (χ0v) is 17.0. The van der Waals surface area contributed by atoms with Crippen molar-refractivity contribution in [1.29, 1.82) is 0 Å². The molecule has 0 aliphatic carbocycles. The molecule has 0 spiro atoms. The van der Waals surface area contributed by atoms with Crippen molar-refractivity contribution < 1.29 is 9.84 Å². The summed E-state index contributed by atoms with van der Waals surface area (Å²) in [6.07, 6.45) is 1.86. The standard InChI is InChI=1S/C22H24ClN3O2/c1-13-10-19(23)26-17-11-16-18(12-15(13)17)28-22(2,3)21(27)20(16)25-9-7-14-6-4-5-8-24-14/h4-6,8,10-12,20-21,25,27H,7,9H2,1-3H3. The second kappa shape index (κ2) is 7.32. The number of aliphatic hydroxyl groups excluding tert-OH is 1. The van der Waals surface area contributed by atoms with Gasteiger partial charge in [-0.15, -0.1) is 0 Å². The normalized spacial score (nSPS) is 20.6. The molecule has 6 heteroatoms. The molecule has 146 valence electrons. The van der Waals surface area contributed by atoms with E-state index in [1.54, 1.807) is 6.20 Å². The fraction of sp³-hybridized carbons (Fsp3) is 0.364. The Hall–Kier alpha value is -2.21. The van der Waals surface area contributed by atoms with Crippen LogP contribution in [0.3, 0.4) is 0 Å². The predicted molar refractivity (Wildman–Crippen MR) is 111 cm³/mol. The number of nitrogens with zero attached hydrogens (tertiary/aromatic N) is 2.